The topological polar surface area (TPSA) is 43.1 Å². The van der Waals surface area contributed by atoms with Gasteiger partial charge in [0.2, 0.25) is 5.91 Å². The molecule has 0 aliphatic heterocycles. The SMILES string of the molecule is CCCCCC(Sc1ccc2sc3c(c2c1)CCCC3)C(N)=O. The molecule has 0 fully saturated rings. The van der Waals surface area contributed by atoms with E-state index in [0.29, 0.717) is 0 Å². The van der Waals surface area contributed by atoms with Crippen LogP contribution in [0.3, 0.4) is 0 Å². The Bertz CT molecular complexity index is 692. The van der Waals surface area contributed by atoms with Crippen molar-refractivity contribution in [3.05, 3.63) is 28.6 Å². The van der Waals surface area contributed by atoms with Crippen molar-refractivity contribution in [3.8, 4) is 0 Å². The molecule has 0 bridgehead atoms. The third-order valence-corrected chi connectivity index (χ3v) is 7.14. The number of primary amides is 1. The number of thiophene rings is 1. The van der Waals surface area contributed by atoms with Crippen molar-refractivity contribution < 1.29 is 4.79 Å². The Morgan fingerprint density at radius 3 is 2.91 bits per heavy atom. The maximum absolute atomic E-state index is 11.7. The van der Waals surface area contributed by atoms with E-state index in [1.54, 1.807) is 22.2 Å². The number of amides is 1. The lowest BCUT2D eigenvalue weighted by atomic mass is 9.96. The van der Waals surface area contributed by atoms with E-state index in [1.807, 2.05) is 11.3 Å². The summed E-state index contributed by atoms with van der Waals surface area (Å²) in [6, 6.07) is 6.67. The molecule has 1 aromatic heterocycles. The first-order valence-corrected chi connectivity index (χ1v) is 10.4. The highest BCUT2D eigenvalue weighted by Crippen LogP contribution is 2.39. The van der Waals surface area contributed by atoms with Crippen LogP contribution in [0, 0.1) is 0 Å². The summed E-state index contributed by atoms with van der Waals surface area (Å²) in [4.78, 5) is 14.5. The van der Waals surface area contributed by atoms with Gasteiger partial charge in [0.05, 0.1) is 5.25 Å². The number of nitrogens with two attached hydrogens (primary N) is 1. The number of unbranched alkanes of at least 4 members (excludes halogenated alkanes) is 2. The smallest absolute Gasteiger partial charge is 0.230 e. The Kier molecular flexibility index (Phi) is 5.65. The molecule has 23 heavy (non-hydrogen) atoms. The van der Waals surface area contributed by atoms with Crippen molar-refractivity contribution in [2.45, 2.75) is 68.4 Å². The standard InChI is InChI=1S/C19H25NOS2/c1-2-3-4-9-18(19(20)21)22-13-10-11-17-15(12-13)14-7-5-6-8-16(14)23-17/h10-12,18H,2-9H2,1H3,(H2,20,21). The zero-order chi connectivity index (χ0) is 16.2. The van der Waals surface area contributed by atoms with E-state index < -0.39 is 0 Å². The molecule has 124 valence electrons. The van der Waals surface area contributed by atoms with Gasteiger partial charge in [0.25, 0.3) is 0 Å². The maximum Gasteiger partial charge on any atom is 0.230 e. The van der Waals surface area contributed by atoms with Gasteiger partial charge >= 0.3 is 0 Å². The number of aryl methyl sites for hydroxylation is 2. The molecule has 0 saturated heterocycles. The van der Waals surface area contributed by atoms with Gasteiger partial charge in [-0.05, 0) is 61.3 Å². The monoisotopic (exact) mass is 347 g/mol. The molecule has 1 aromatic carbocycles. The molecule has 1 aliphatic rings. The van der Waals surface area contributed by atoms with Crippen molar-refractivity contribution in [2.24, 2.45) is 5.73 Å². The Hall–Kier alpha value is -1.00. The second-order valence-corrected chi connectivity index (χ2v) is 8.79. The van der Waals surface area contributed by atoms with Crippen LogP contribution in [-0.4, -0.2) is 11.2 Å². The van der Waals surface area contributed by atoms with Crippen molar-refractivity contribution in [2.75, 3.05) is 0 Å². The van der Waals surface area contributed by atoms with E-state index >= 15 is 0 Å². The number of thioether (sulfide) groups is 1. The van der Waals surface area contributed by atoms with Crippen LogP contribution < -0.4 is 5.73 Å². The average Bonchev–Trinajstić information content (AvgIpc) is 2.92. The van der Waals surface area contributed by atoms with E-state index in [9.17, 15) is 4.79 Å². The number of hydrogen-bond acceptors (Lipinski definition) is 3. The molecular formula is C19H25NOS2. The molecule has 1 atom stereocenters. The van der Waals surface area contributed by atoms with Gasteiger partial charge in [0.15, 0.2) is 0 Å². The predicted octanol–water partition coefficient (Wildman–Crippen LogP) is 5.31. The Balaban J connectivity index is 1.80. The molecule has 2 aromatic rings. The summed E-state index contributed by atoms with van der Waals surface area (Å²) in [5, 5.41) is 1.31. The second kappa shape index (κ2) is 7.71. The lowest BCUT2D eigenvalue weighted by Crippen LogP contribution is -2.25. The fourth-order valence-electron chi connectivity index (χ4n) is 3.32. The van der Waals surface area contributed by atoms with Gasteiger partial charge in [-0.2, -0.15) is 0 Å². The van der Waals surface area contributed by atoms with Crippen LogP contribution in [0.15, 0.2) is 23.1 Å². The summed E-state index contributed by atoms with van der Waals surface area (Å²) in [5.41, 5.74) is 7.17. The minimum absolute atomic E-state index is 0.103. The van der Waals surface area contributed by atoms with E-state index in [1.165, 1.54) is 53.5 Å². The summed E-state index contributed by atoms with van der Waals surface area (Å²) in [6.45, 7) is 2.18. The zero-order valence-corrected chi connectivity index (χ0v) is 15.4. The van der Waals surface area contributed by atoms with Crippen LogP contribution in [0.2, 0.25) is 0 Å². The second-order valence-electron chi connectivity index (χ2n) is 6.37. The summed E-state index contributed by atoms with van der Waals surface area (Å²) in [6.07, 6.45) is 9.36. The van der Waals surface area contributed by atoms with E-state index in [0.717, 1.165) is 12.8 Å². The molecule has 1 unspecified atom stereocenters. The summed E-state index contributed by atoms with van der Waals surface area (Å²) < 4.78 is 1.39. The molecular weight excluding hydrogens is 322 g/mol. The minimum atomic E-state index is -0.182. The van der Waals surface area contributed by atoms with E-state index in [2.05, 4.69) is 25.1 Å². The first-order chi connectivity index (χ1) is 11.2. The fourth-order valence-corrected chi connectivity index (χ4v) is 5.66. The average molecular weight is 348 g/mol. The lowest BCUT2D eigenvalue weighted by Gasteiger charge is -2.13. The molecule has 3 rings (SSSR count). The van der Waals surface area contributed by atoms with Gasteiger partial charge in [0, 0.05) is 14.5 Å². The third kappa shape index (κ3) is 3.92. The lowest BCUT2D eigenvalue weighted by molar-refractivity contribution is -0.117. The predicted molar refractivity (Wildman–Crippen MR) is 101 cm³/mol. The maximum atomic E-state index is 11.7. The number of carbonyl (C=O) groups excluding carboxylic acids is 1. The molecule has 1 heterocycles. The molecule has 2 N–H and O–H groups in total. The van der Waals surface area contributed by atoms with Crippen LogP contribution >= 0.6 is 23.1 Å². The highest BCUT2D eigenvalue weighted by molar-refractivity contribution is 8.00. The molecule has 4 heteroatoms. The quantitative estimate of drug-likeness (QED) is 0.545. The van der Waals surface area contributed by atoms with Crippen LogP contribution in [0.4, 0.5) is 0 Å². The number of rotatable bonds is 7. The van der Waals surface area contributed by atoms with Crippen LogP contribution in [-0.2, 0) is 17.6 Å². The van der Waals surface area contributed by atoms with Gasteiger partial charge in [0.1, 0.15) is 0 Å². The van der Waals surface area contributed by atoms with Gasteiger partial charge in [-0.3, -0.25) is 4.79 Å². The van der Waals surface area contributed by atoms with Crippen molar-refractivity contribution in [3.63, 3.8) is 0 Å². The molecule has 1 aliphatic carbocycles. The largest absolute Gasteiger partial charge is 0.369 e. The number of fused-ring (bicyclic) bond motifs is 3. The van der Waals surface area contributed by atoms with Crippen LogP contribution in [0.1, 0.15) is 55.9 Å². The highest BCUT2D eigenvalue weighted by atomic mass is 32.2. The first kappa shape index (κ1) is 16.8. The normalized spacial score (nSPS) is 15.5. The molecule has 0 saturated carbocycles. The van der Waals surface area contributed by atoms with E-state index in [-0.39, 0.29) is 11.2 Å². The molecule has 0 radical (unpaired) electrons. The Morgan fingerprint density at radius 2 is 2.13 bits per heavy atom. The van der Waals surface area contributed by atoms with Crippen LogP contribution in [0.5, 0.6) is 0 Å². The first-order valence-electron chi connectivity index (χ1n) is 8.69. The molecule has 1 amide bonds. The van der Waals surface area contributed by atoms with Crippen molar-refractivity contribution in [1.82, 2.24) is 0 Å². The summed E-state index contributed by atoms with van der Waals surface area (Å²) in [5.74, 6) is -0.182. The van der Waals surface area contributed by atoms with Gasteiger partial charge in [-0.25, -0.2) is 0 Å². The fraction of sp³-hybridized carbons (Fsp3) is 0.526. The van der Waals surface area contributed by atoms with Crippen molar-refractivity contribution in [1.29, 1.82) is 0 Å². The van der Waals surface area contributed by atoms with Crippen molar-refractivity contribution >= 4 is 39.1 Å². The van der Waals surface area contributed by atoms with Gasteiger partial charge in [-0.1, -0.05) is 26.2 Å². The van der Waals surface area contributed by atoms with Gasteiger partial charge < -0.3 is 5.73 Å². The highest BCUT2D eigenvalue weighted by Gasteiger charge is 2.19. The molecule has 0 spiro atoms. The van der Waals surface area contributed by atoms with Crippen LogP contribution in [0.25, 0.3) is 10.1 Å². The number of benzene rings is 1. The summed E-state index contributed by atoms with van der Waals surface area (Å²) in [7, 11) is 0. The van der Waals surface area contributed by atoms with Gasteiger partial charge in [-0.15, -0.1) is 23.1 Å². The third-order valence-electron chi connectivity index (χ3n) is 4.59. The Labute approximate surface area is 146 Å². The molecule has 2 nitrogen and oxygen atoms in total. The van der Waals surface area contributed by atoms with E-state index in [4.69, 9.17) is 5.73 Å². The zero-order valence-electron chi connectivity index (χ0n) is 13.8. The number of hydrogen-bond donors (Lipinski definition) is 1. The number of carbonyl (C=O) groups is 1. The minimum Gasteiger partial charge on any atom is -0.369 e. The summed E-state index contributed by atoms with van der Waals surface area (Å²) >= 11 is 3.60. The Morgan fingerprint density at radius 1 is 1.30 bits per heavy atom.